The Morgan fingerprint density at radius 3 is 2.80 bits per heavy atom. The lowest BCUT2D eigenvalue weighted by Crippen LogP contribution is -2.33. The van der Waals surface area contributed by atoms with Gasteiger partial charge in [0.2, 0.25) is 5.91 Å². The molecule has 0 spiro atoms. The molecule has 0 aliphatic carbocycles. The molecule has 0 atom stereocenters. The lowest BCUT2D eigenvalue weighted by atomic mass is 10.3. The standard InChI is InChI=1S/C15H13ClN6O2S/c1-2-17-12(23)8-22-13(24)6-5-11(20-22)15-19-14(21-25-15)10-4-3-9(16)7-18-10/h3-7H,2,8H2,1H3,(H,17,23). The van der Waals surface area contributed by atoms with E-state index in [0.717, 1.165) is 16.2 Å². The zero-order valence-electron chi connectivity index (χ0n) is 13.1. The summed E-state index contributed by atoms with van der Waals surface area (Å²) in [6.07, 6.45) is 1.52. The van der Waals surface area contributed by atoms with Gasteiger partial charge in [-0.3, -0.25) is 14.6 Å². The van der Waals surface area contributed by atoms with Crippen molar-refractivity contribution < 1.29 is 4.79 Å². The number of nitrogens with zero attached hydrogens (tertiary/aromatic N) is 5. The molecule has 1 amide bonds. The largest absolute Gasteiger partial charge is 0.355 e. The smallest absolute Gasteiger partial charge is 0.267 e. The summed E-state index contributed by atoms with van der Waals surface area (Å²) in [5, 5.41) is 7.87. The summed E-state index contributed by atoms with van der Waals surface area (Å²) in [5.41, 5.74) is 0.684. The van der Waals surface area contributed by atoms with Crippen LogP contribution in [0.3, 0.4) is 0 Å². The summed E-state index contributed by atoms with van der Waals surface area (Å²) >= 11 is 6.95. The van der Waals surface area contributed by atoms with Gasteiger partial charge < -0.3 is 5.32 Å². The van der Waals surface area contributed by atoms with Crippen molar-refractivity contribution in [1.82, 2.24) is 29.4 Å². The number of pyridine rings is 1. The summed E-state index contributed by atoms with van der Waals surface area (Å²) in [7, 11) is 0. The SMILES string of the molecule is CCNC(=O)Cn1nc(-c2nc(-c3ccc(Cl)cn3)ns2)ccc1=O. The van der Waals surface area contributed by atoms with Crippen LogP contribution in [0.25, 0.3) is 22.2 Å². The van der Waals surface area contributed by atoms with E-state index in [1.807, 2.05) is 0 Å². The van der Waals surface area contributed by atoms with Gasteiger partial charge in [-0.2, -0.15) is 9.47 Å². The summed E-state index contributed by atoms with van der Waals surface area (Å²) in [6.45, 7) is 2.14. The number of halogens is 1. The molecule has 0 bridgehead atoms. The van der Waals surface area contributed by atoms with Crippen molar-refractivity contribution in [1.29, 1.82) is 0 Å². The minimum atomic E-state index is -0.362. The van der Waals surface area contributed by atoms with Crippen LogP contribution in [-0.4, -0.2) is 36.6 Å². The molecule has 0 aromatic carbocycles. The van der Waals surface area contributed by atoms with Crippen molar-refractivity contribution in [2.24, 2.45) is 0 Å². The van der Waals surface area contributed by atoms with Gasteiger partial charge in [0.1, 0.15) is 17.9 Å². The first-order valence-electron chi connectivity index (χ1n) is 7.37. The molecule has 3 rings (SSSR count). The molecule has 0 saturated carbocycles. The highest BCUT2D eigenvalue weighted by Crippen LogP contribution is 2.23. The second-order valence-corrected chi connectivity index (χ2v) is 6.14. The molecule has 0 aliphatic heterocycles. The summed E-state index contributed by atoms with van der Waals surface area (Å²) in [5.74, 6) is 0.164. The number of rotatable bonds is 5. The zero-order chi connectivity index (χ0) is 17.8. The first-order chi connectivity index (χ1) is 12.1. The predicted molar refractivity (Wildman–Crippen MR) is 94.3 cm³/mol. The van der Waals surface area contributed by atoms with Crippen LogP contribution in [0.4, 0.5) is 0 Å². The minimum absolute atomic E-state index is 0.148. The number of likely N-dealkylation sites (N-methyl/N-ethyl adjacent to an activating group) is 1. The molecule has 10 heteroatoms. The van der Waals surface area contributed by atoms with E-state index in [1.54, 1.807) is 25.1 Å². The van der Waals surface area contributed by atoms with E-state index >= 15 is 0 Å². The van der Waals surface area contributed by atoms with E-state index in [1.165, 1.54) is 12.3 Å². The predicted octanol–water partition coefficient (Wildman–Crippen LogP) is 1.61. The zero-order valence-corrected chi connectivity index (χ0v) is 14.7. The number of hydrogen-bond acceptors (Lipinski definition) is 7. The van der Waals surface area contributed by atoms with Gasteiger partial charge >= 0.3 is 0 Å². The first kappa shape index (κ1) is 17.2. The van der Waals surface area contributed by atoms with Gasteiger partial charge in [0.25, 0.3) is 5.56 Å². The lowest BCUT2D eigenvalue weighted by molar-refractivity contribution is -0.121. The van der Waals surface area contributed by atoms with Crippen LogP contribution in [0.1, 0.15) is 6.92 Å². The molecular formula is C15H13ClN6O2S. The van der Waals surface area contributed by atoms with E-state index in [9.17, 15) is 9.59 Å². The highest BCUT2D eigenvalue weighted by Gasteiger charge is 2.13. The Bertz CT molecular complexity index is 953. The van der Waals surface area contributed by atoms with Gasteiger partial charge in [0, 0.05) is 18.8 Å². The Hall–Kier alpha value is -2.65. The van der Waals surface area contributed by atoms with Gasteiger partial charge in [0.05, 0.1) is 5.02 Å². The number of nitrogens with one attached hydrogen (secondary N) is 1. The quantitative estimate of drug-likeness (QED) is 0.725. The third-order valence-corrected chi connectivity index (χ3v) is 4.10. The Kier molecular flexibility index (Phi) is 5.15. The van der Waals surface area contributed by atoms with Gasteiger partial charge in [0.15, 0.2) is 10.8 Å². The molecule has 128 valence electrons. The third kappa shape index (κ3) is 4.06. The normalized spacial score (nSPS) is 10.6. The van der Waals surface area contributed by atoms with Crippen LogP contribution < -0.4 is 10.9 Å². The summed E-state index contributed by atoms with van der Waals surface area (Å²) in [6, 6.07) is 6.33. The fourth-order valence-electron chi connectivity index (χ4n) is 2.01. The van der Waals surface area contributed by atoms with Crippen molar-refractivity contribution in [3.8, 4) is 22.2 Å². The van der Waals surface area contributed by atoms with Crippen LogP contribution >= 0.6 is 23.1 Å². The van der Waals surface area contributed by atoms with Crippen molar-refractivity contribution in [2.75, 3.05) is 6.54 Å². The summed E-state index contributed by atoms with van der Waals surface area (Å²) < 4.78 is 5.35. The minimum Gasteiger partial charge on any atom is -0.355 e. The van der Waals surface area contributed by atoms with Gasteiger partial charge in [-0.15, -0.1) is 0 Å². The number of hydrogen-bond donors (Lipinski definition) is 1. The van der Waals surface area contributed by atoms with Crippen molar-refractivity contribution in [2.45, 2.75) is 13.5 Å². The molecule has 8 nitrogen and oxygen atoms in total. The second-order valence-electron chi connectivity index (χ2n) is 4.95. The van der Waals surface area contributed by atoms with Gasteiger partial charge in [-0.05, 0) is 36.7 Å². The van der Waals surface area contributed by atoms with Crippen LogP contribution in [0.5, 0.6) is 0 Å². The van der Waals surface area contributed by atoms with E-state index in [0.29, 0.717) is 33.8 Å². The van der Waals surface area contributed by atoms with Crippen LogP contribution in [0.15, 0.2) is 35.3 Å². The molecule has 1 N–H and O–H groups in total. The van der Waals surface area contributed by atoms with E-state index in [2.05, 4.69) is 24.8 Å². The molecule has 25 heavy (non-hydrogen) atoms. The van der Waals surface area contributed by atoms with Crippen LogP contribution in [0, 0.1) is 0 Å². The van der Waals surface area contributed by atoms with Crippen LogP contribution in [0.2, 0.25) is 5.02 Å². The second kappa shape index (κ2) is 7.49. The molecule has 0 radical (unpaired) electrons. The van der Waals surface area contributed by atoms with Gasteiger partial charge in [-0.25, -0.2) is 9.67 Å². The average Bonchev–Trinajstić information content (AvgIpc) is 3.08. The maximum absolute atomic E-state index is 11.9. The Balaban J connectivity index is 1.88. The number of carbonyl (C=O) groups excluding carboxylic acids is 1. The van der Waals surface area contributed by atoms with E-state index in [4.69, 9.17) is 11.6 Å². The molecule has 0 aliphatic rings. The Labute approximate surface area is 151 Å². The lowest BCUT2D eigenvalue weighted by Gasteiger charge is -2.05. The molecule has 3 aromatic heterocycles. The molecule has 3 aromatic rings. The molecular weight excluding hydrogens is 364 g/mol. The Morgan fingerprint density at radius 1 is 1.28 bits per heavy atom. The monoisotopic (exact) mass is 376 g/mol. The highest BCUT2D eigenvalue weighted by atomic mass is 35.5. The van der Waals surface area contributed by atoms with E-state index in [-0.39, 0.29) is 18.0 Å². The van der Waals surface area contributed by atoms with Crippen molar-refractivity contribution >= 4 is 29.0 Å². The third-order valence-electron chi connectivity index (χ3n) is 3.14. The maximum Gasteiger partial charge on any atom is 0.267 e. The van der Waals surface area contributed by atoms with Crippen molar-refractivity contribution in [3.05, 3.63) is 45.8 Å². The number of amides is 1. The molecule has 0 unspecified atom stereocenters. The van der Waals surface area contributed by atoms with E-state index < -0.39 is 0 Å². The first-order valence-corrected chi connectivity index (χ1v) is 8.53. The average molecular weight is 377 g/mol. The number of aromatic nitrogens is 5. The van der Waals surface area contributed by atoms with Gasteiger partial charge in [-0.1, -0.05) is 11.6 Å². The molecule has 0 saturated heterocycles. The molecule has 3 heterocycles. The molecule has 0 fully saturated rings. The maximum atomic E-state index is 11.9. The highest BCUT2D eigenvalue weighted by molar-refractivity contribution is 7.09. The topological polar surface area (TPSA) is 103 Å². The number of carbonyl (C=O) groups is 1. The fraction of sp³-hybridized carbons (Fsp3) is 0.200. The fourth-order valence-corrected chi connectivity index (χ4v) is 2.75. The summed E-state index contributed by atoms with van der Waals surface area (Å²) in [4.78, 5) is 32.1. The Morgan fingerprint density at radius 2 is 2.08 bits per heavy atom. The van der Waals surface area contributed by atoms with Crippen LogP contribution in [-0.2, 0) is 11.3 Å². The van der Waals surface area contributed by atoms with Crippen molar-refractivity contribution in [3.63, 3.8) is 0 Å².